The van der Waals surface area contributed by atoms with Crippen molar-refractivity contribution in [3.63, 3.8) is 0 Å². The summed E-state index contributed by atoms with van der Waals surface area (Å²) >= 11 is 0. The molecule has 0 saturated heterocycles. The highest BCUT2D eigenvalue weighted by Gasteiger charge is 2.30. The first-order valence-corrected chi connectivity index (χ1v) is 10.9. The maximum absolute atomic E-state index is 12.8. The minimum atomic E-state index is -4.52. The van der Waals surface area contributed by atoms with Crippen molar-refractivity contribution in [2.75, 3.05) is 17.2 Å². The fourth-order valence-corrected chi connectivity index (χ4v) is 3.17. The molecule has 0 radical (unpaired) electrons. The van der Waals surface area contributed by atoms with Crippen LogP contribution in [0, 0.1) is 13.8 Å². The van der Waals surface area contributed by atoms with Crippen LogP contribution in [-0.4, -0.2) is 30.5 Å². The van der Waals surface area contributed by atoms with Gasteiger partial charge >= 0.3 is 18.0 Å². The molecule has 0 aliphatic heterocycles. The molecule has 0 heterocycles. The molecule has 0 spiro atoms. The molecule has 0 aliphatic rings. The molecule has 0 saturated carbocycles. The summed E-state index contributed by atoms with van der Waals surface area (Å²) in [6, 6.07) is 16.0. The molecule has 3 aromatic rings. The van der Waals surface area contributed by atoms with Gasteiger partial charge in [0.25, 0.3) is 5.91 Å². The summed E-state index contributed by atoms with van der Waals surface area (Å²) in [4.78, 5) is 36.1. The molecule has 3 amide bonds. The second-order valence-corrected chi connectivity index (χ2v) is 7.90. The molecular weight excluding hydrogens is 489 g/mol. The number of nitrogens with one attached hydrogen (secondary N) is 3. The number of ether oxygens (including phenoxy) is 1. The van der Waals surface area contributed by atoms with E-state index in [-0.39, 0.29) is 5.69 Å². The van der Waals surface area contributed by atoms with Crippen molar-refractivity contribution in [3.8, 4) is 5.75 Å². The van der Waals surface area contributed by atoms with E-state index in [1.807, 2.05) is 32.0 Å². The van der Waals surface area contributed by atoms with Gasteiger partial charge in [-0.2, -0.15) is 18.3 Å². The van der Waals surface area contributed by atoms with E-state index in [4.69, 9.17) is 4.74 Å². The van der Waals surface area contributed by atoms with Gasteiger partial charge in [0, 0.05) is 11.4 Å². The molecule has 0 fully saturated rings. The van der Waals surface area contributed by atoms with Crippen molar-refractivity contribution < 1.29 is 32.3 Å². The molecular formula is C26H23F3N4O4. The Balaban J connectivity index is 1.46. The van der Waals surface area contributed by atoms with Crippen molar-refractivity contribution in [2.45, 2.75) is 20.0 Å². The van der Waals surface area contributed by atoms with E-state index in [0.29, 0.717) is 17.0 Å². The maximum atomic E-state index is 12.8. The summed E-state index contributed by atoms with van der Waals surface area (Å²) in [5.41, 5.74) is 4.04. The Labute approximate surface area is 210 Å². The zero-order chi connectivity index (χ0) is 27.0. The smallest absolute Gasteiger partial charge is 0.416 e. The highest BCUT2D eigenvalue weighted by Crippen LogP contribution is 2.30. The SMILES string of the molecule is Cc1cccc(C)c1NC(=O)C(=O)N/N=C\c1ccc(OCC(=O)Nc2cccc(C(F)(F)F)c2)cc1. The van der Waals surface area contributed by atoms with Gasteiger partial charge in [0.2, 0.25) is 0 Å². The van der Waals surface area contributed by atoms with Gasteiger partial charge in [-0.05, 0) is 73.0 Å². The Bertz CT molecular complexity index is 1300. The summed E-state index contributed by atoms with van der Waals surface area (Å²) in [5.74, 6) is -2.10. The lowest BCUT2D eigenvalue weighted by molar-refractivity contribution is -0.137. The van der Waals surface area contributed by atoms with Crippen LogP contribution in [0.25, 0.3) is 0 Å². The number of alkyl halides is 3. The topological polar surface area (TPSA) is 109 Å². The predicted molar refractivity (Wildman–Crippen MR) is 132 cm³/mol. The highest BCUT2D eigenvalue weighted by atomic mass is 19.4. The molecule has 192 valence electrons. The number of amides is 3. The molecule has 0 unspecified atom stereocenters. The van der Waals surface area contributed by atoms with Gasteiger partial charge in [0.15, 0.2) is 6.61 Å². The molecule has 0 aromatic heterocycles. The Kier molecular flexibility index (Phi) is 8.62. The van der Waals surface area contributed by atoms with E-state index in [2.05, 4.69) is 21.2 Å². The number of para-hydroxylation sites is 1. The number of rotatable bonds is 7. The number of hydrogen-bond donors (Lipinski definition) is 3. The van der Waals surface area contributed by atoms with Crippen LogP contribution in [0.15, 0.2) is 71.8 Å². The number of anilines is 2. The molecule has 3 aromatic carbocycles. The normalized spacial score (nSPS) is 11.2. The molecule has 37 heavy (non-hydrogen) atoms. The summed E-state index contributed by atoms with van der Waals surface area (Å²) in [7, 11) is 0. The summed E-state index contributed by atoms with van der Waals surface area (Å²) in [5, 5.41) is 8.66. The van der Waals surface area contributed by atoms with Crippen LogP contribution >= 0.6 is 0 Å². The Morgan fingerprint density at radius 3 is 2.19 bits per heavy atom. The van der Waals surface area contributed by atoms with E-state index in [1.54, 1.807) is 12.1 Å². The zero-order valence-corrected chi connectivity index (χ0v) is 19.8. The van der Waals surface area contributed by atoms with Gasteiger partial charge in [-0.3, -0.25) is 14.4 Å². The predicted octanol–water partition coefficient (Wildman–Crippen LogP) is 4.43. The first-order valence-electron chi connectivity index (χ1n) is 10.9. The van der Waals surface area contributed by atoms with Crippen LogP contribution in [0.4, 0.5) is 24.5 Å². The quantitative estimate of drug-likeness (QED) is 0.247. The van der Waals surface area contributed by atoms with E-state index < -0.39 is 36.1 Å². The number of hydrazone groups is 1. The molecule has 8 nitrogen and oxygen atoms in total. The number of halogens is 3. The number of benzene rings is 3. The molecule has 0 atom stereocenters. The number of nitrogens with zero attached hydrogens (tertiary/aromatic N) is 1. The minimum absolute atomic E-state index is 0.000231. The van der Waals surface area contributed by atoms with Crippen molar-refractivity contribution in [2.24, 2.45) is 5.10 Å². The molecule has 11 heteroatoms. The first-order chi connectivity index (χ1) is 17.5. The van der Waals surface area contributed by atoms with E-state index in [1.165, 1.54) is 30.5 Å². The fraction of sp³-hybridized carbons (Fsp3) is 0.154. The maximum Gasteiger partial charge on any atom is 0.416 e. The molecule has 3 rings (SSSR count). The molecule has 0 bridgehead atoms. The lowest BCUT2D eigenvalue weighted by atomic mass is 10.1. The van der Waals surface area contributed by atoms with Crippen LogP contribution in [-0.2, 0) is 20.6 Å². The average Bonchev–Trinajstić information content (AvgIpc) is 2.85. The number of carbonyl (C=O) groups is 3. The van der Waals surface area contributed by atoms with Gasteiger partial charge in [0.1, 0.15) is 5.75 Å². The number of hydrogen-bond acceptors (Lipinski definition) is 5. The third-order valence-corrected chi connectivity index (χ3v) is 5.03. The monoisotopic (exact) mass is 512 g/mol. The lowest BCUT2D eigenvalue weighted by Crippen LogP contribution is -2.32. The van der Waals surface area contributed by atoms with Crippen LogP contribution in [0.1, 0.15) is 22.3 Å². The Hall–Kier alpha value is -4.67. The Morgan fingerprint density at radius 2 is 1.54 bits per heavy atom. The van der Waals surface area contributed by atoms with E-state index in [9.17, 15) is 27.6 Å². The third kappa shape index (κ3) is 7.92. The lowest BCUT2D eigenvalue weighted by Gasteiger charge is -2.10. The second kappa shape index (κ2) is 11.8. The van der Waals surface area contributed by atoms with Crippen molar-refractivity contribution in [3.05, 3.63) is 89.0 Å². The highest BCUT2D eigenvalue weighted by molar-refractivity contribution is 6.39. The Morgan fingerprint density at radius 1 is 0.892 bits per heavy atom. The van der Waals surface area contributed by atoms with Gasteiger partial charge in [0.05, 0.1) is 11.8 Å². The van der Waals surface area contributed by atoms with Gasteiger partial charge in [-0.15, -0.1) is 0 Å². The number of aryl methyl sites for hydroxylation is 2. The average molecular weight is 512 g/mol. The molecule has 0 aliphatic carbocycles. The first kappa shape index (κ1) is 26.9. The second-order valence-electron chi connectivity index (χ2n) is 7.90. The fourth-order valence-electron chi connectivity index (χ4n) is 3.17. The molecule has 3 N–H and O–H groups in total. The van der Waals surface area contributed by atoms with Crippen LogP contribution in [0.2, 0.25) is 0 Å². The zero-order valence-electron chi connectivity index (χ0n) is 19.8. The van der Waals surface area contributed by atoms with Gasteiger partial charge < -0.3 is 15.4 Å². The summed E-state index contributed by atoms with van der Waals surface area (Å²) in [6.07, 6.45) is -3.20. The van der Waals surface area contributed by atoms with Crippen LogP contribution in [0.3, 0.4) is 0 Å². The number of carbonyl (C=O) groups excluding carboxylic acids is 3. The van der Waals surface area contributed by atoms with E-state index in [0.717, 1.165) is 23.3 Å². The summed E-state index contributed by atoms with van der Waals surface area (Å²) < 4.78 is 43.7. The van der Waals surface area contributed by atoms with Crippen molar-refractivity contribution >= 4 is 35.3 Å². The standard InChI is InChI=1S/C26H23F3N4O4/c1-16-5-3-6-17(2)23(16)32-24(35)25(36)33-30-14-18-9-11-21(12-10-18)37-15-22(34)31-20-8-4-7-19(13-20)26(27,28)29/h3-14H,15H2,1-2H3,(H,31,34)(H,32,35)(H,33,36)/b30-14-. The minimum Gasteiger partial charge on any atom is -0.484 e. The third-order valence-electron chi connectivity index (χ3n) is 5.03. The van der Waals surface area contributed by atoms with E-state index >= 15 is 0 Å². The summed E-state index contributed by atoms with van der Waals surface area (Å²) in [6.45, 7) is 3.21. The van der Waals surface area contributed by atoms with Gasteiger partial charge in [-0.1, -0.05) is 24.3 Å². The van der Waals surface area contributed by atoms with Gasteiger partial charge in [-0.25, -0.2) is 5.43 Å². The van der Waals surface area contributed by atoms with Crippen LogP contribution < -0.4 is 20.8 Å². The van der Waals surface area contributed by atoms with Crippen LogP contribution in [0.5, 0.6) is 5.75 Å². The van der Waals surface area contributed by atoms with Crippen molar-refractivity contribution in [1.82, 2.24) is 5.43 Å². The van der Waals surface area contributed by atoms with Crippen molar-refractivity contribution in [1.29, 1.82) is 0 Å². The largest absolute Gasteiger partial charge is 0.484 e.